The van der Waals surface area contributed by atoms with E-state index in [1.54, 1.807) is 0 Å². The van der Waals surface area contributed by atoms with E-state index in [1.165, 1.54) is 55.7 Å². The van der Waals surface area contributed by atoms with Crippen molar-refractivity contribution in [3.8, 4) is 22.3 Å². The van der Waals surface area contributed by atoms with Crippen molar-refractivity contribution in [1.29, 1.82) is 0 Å². The third-order valence-corrected chi connectivity index (χ3v) is 32.3. The molecule has 2 N–H and O–H groups in total. The number of allylic oxidation sites excluding steroid dienone is 2. The second kappa shape index (κ2) is 16.1. The van der Waals surface area contributed by atoms with Gasteiger partial charge in [0.25, 0.3) is 0 Å². The Labute approximate surface area is 331 Å². The first-order valence-corrected chi connectivity index (χ1v) is 30.2. The summed E-state index contributed by atoms with van der Waals surface area (Å²) in [4.78, 5) is 25.2. The van der Waals surface area contributed by atoms with Crippen molar-refractivity contribution in [2.75, 3.05) is 0 Å². The van der Waals surface area contributed by atoms with E-state index in [2.05, 4.69) is 139 Å². The third-order valence-electron chi connectivity index (χ3n) is 12.3. The quantitative estimate of drug-likeness (QED) is 0.0925. The van der Waals surface area contributed by atoms with Gasteiger partial charge in [0.2, 0.25) is 0 Å². The van der Waals surface area contributed by atoms with E-state index in [1.807, 2.05) is 0 Å². The summed E-state index contributed by atoms with van der Waals surface area (Å²) >= 11 is -5.89. The average Bonchev–Trinajstić information content (AvgIpc) is 3.72. The van der Waals surface area contributed by atoms with Gasteiger partial charge in [-0.05, 0) is 0 Å². The SMILES string of the molecule is CCCCC1=Cc2c(-c3cc(C)cc(C)c3C)cccc2[CH]1[Zr]([Cl])([Cl])([B](NC=O)NC=O)[CH]1C(CCCC)=Cc2c(-c3cc(C)cc(C)c3C)cccc21. The molecule has 8 heteroatoms. The number of aryl methyl sites for hydroxylation is 4. The van der Waals surface area contributed by atoms with Crippen LogP contribution in [0.3, 0.4) is 0 Å². The van der Waals surface area contributed by atoms with Crippen LogP contribution in [0.2, 0.25) is 0 Å². The number of rotatable bonds is 15. The van der Waals surface area contributed by atoms with Gasteiger partial charge in [-0.1, -0.05) is 0 Å². The van der Waals surface area contributed by atoms with Crippen LogP contribution in [0.5, 0.6) is 0 Å². The molecule has 0 heterocycles. The van der Waals surface area contributed by atoms with Gasteiger partial charge in [0, 0.05) is 0 Å². The van der Waals surface area contributed by atoms with Crippen LogP contribution in [0.15, 0.2) is 71.8 Å². The second-order valence-electron chi connectivity index (χ2n) is 15.9. The number of amides is 2. The summed E-state index contributed by atoms with van der Waals surface area (Å²) in [6.45, 7) is 17.4. The predicted octanol–water partition coefficient (Wildman–Crippen LogP) is 12.3. The number of hydrogen-bond acceptors (Lipinski definition) is 2. The minimum atomic E-state index is -5.89. The number of carbonyl (C=O) groups is 2. The third kappa shape index (κ3) is 6.94. The fourth-order valence-electron chi connectivity index (χ4n) is 9.54. The number of halogens is 2. The molecule has 0 radical (unpaired) electrons. The zero-order valence-corrected chi connectivity index (χ0v) is 37.1. The molecular weight excluding hydrogens is 785 g/mol. The van der Waals surface area contributed by atoms with E-state index in [4.69, 9.17) is 17.0 Å². The Kier molecular flexibility index (Phi) is 12.1. The van der Waals surface area contributed by atoms with E-state index in [9.17, 15) is 9.59 Å². The first-order chi connectivity index (χ1) is 25.8. The standard InChI is InChI=1S/2C22H25.C2H3BN2O2.2ClH.Zr/c2*1-5-6-8-18-13-19-9-7-10-20(22(19)14-18)21-12-15(2)11-16(3)17(21)4;6-1-4-3-5-2-7;;;/h2*7,9-14H,5-6,8H2,1-4H3;1-2H,(H-,4,5,6,7);2*1H;/q;;;;;+1/p-1. The molecule has 0 bridgehead atoms. The van der Waals surface area contributed by atoms with E-state index in [0.717, 1.165) is 71.9 Å². The molecular formula is C46H54BCl2N2O2Zr. The maximum absolute atomic E-state index is 12.6. The Bertz CT molecular complexity index is 2040. The molecule has 0 aromatic heterocycles. The van der Waals surface area contributed by atoms with Gasteiger partial charge in [0.15, 0.2) is 0 Å². The van der Waals surface area contributed by atoms with E-state index >= 15 is 0 Å². The summed E-state index contributed by atoms with van der Waals surface area (Å²) in [5, 5.41) is 6.05. The summed E-state index contributed by atoms with van der Waals surface area (Å²) in [5.41, 5.74) is 18.9. The zero-order valence-electron chi connectivity index (χ0n) is 33.1. The van der Waals surface area contributed by atoms with Crippen molar-refractivity contribution in [2.24, 2.45) is 0 Å². The second-order valence-corrected chi connectivity index (χ2v) is 37.3. The zero-order chi connectivity index (χ0) is 39.0. The van der Waals surface area contributed by atoms with Crippen LogP contribution < -0.4 is 10.5 Å². The van der Waals surface area contributed by atoms with Crippen molar-refractivity contribution in [3.63, 3.8) is 0 Å². The number of benzene rings is 4. The van der Waals surface area contributed by atoms with Crippen molar-refractivity contribution >= 4 is 46.5 Å². The Hall–Kier alpha value is -3.17. The average molecular weight is 840 g/mol. The molecule has 54 heavy (non-hydrogen) atoms. The number of fused-ring (bicyclic) bond motifs is 2. The number of hydrogen-bond donors (Lipinski definition) is 2. The Morgan fingerprint density at radius 3 is 1.41 bits per heavy atom. The molecule has 0 saturated heterocycles. The number of nitrogens with one attached hydrogen (secondary N) is 2. The maximum atomic E-state index is 12.6. The van der Waals surface area contributed by atoms with Gasteiger partial charge in [-0.15, -0.1) is 0 Å². The van der Waals surface area contributed by atoms with Gasteiger partial charge in [-0.2, -0.15) is 0 Å². The fraction of sp³-hybridized carbons (Fsp3) is 0.348. The van der Waals surface area contributed by atoms with Gasteiger partial charge >= 0.3 is 334 Å². The molecule has 4 aromatic carbocycles. The molecule has 4 nitrogen and oxygen atoms in total. The molecule has 0 spiro atoms. The first kappa shape index (κ1) is 40.5. The molecule has 0 fully saturated rings. The number of unbranched alkanes of at least 4 members (excludes halogenated alkanes) is 2. The van der Waals surface area contributed by atoms with Crippen molar-refractivity contribution < 1.29 is 25.8 Å². The van der Waals surface area contributed by atoms with Crippen LogP contribution in [0.1, 0.15) is 115 Å². The monoisotopic (exact) mass is 837 g/mol. The minimum absolute atomic E-state index is 0.375. The Morgan fingerprint density at radius 1 is 0.630 bits per heavy atom. The van der Waals surface area contributed by atoms with Crippen LogP contribution in [-0.4, -0.2) is 17.3 Å². The summed E-state index contributed by atoms with van der Waals surface area (Å²) in [6.07, 6.45) is 11.6. The molecule has 2 unspecified atom stereocenters. The molecule has 0 aliphatic heterocycles. The normalized spacial score (nSPS) is 16.8. The van der Waals surface area contributed by atoms with Gasteiger partial charge < -0.3 is 0 Å². The molecule has 0 saturated carbocycles. The molecule has 2 aliphatic carbocycles. The van der Waals surface area contributed by atoms with Gasteiger partial charge in [0.05, 0.1) is 0 Å². The summed E-state index contributed by atoms with van der Waals surface area (Å²) in [6, 6.07) is 22.1. The van der Waals surface area contributed by atoms with E-state index < -0.39 is 20.7 Å². The molecule has 4 aromatic rings. The first-order valence-electron chi connectivity index (χ1n) is 19.6. The topological polar surface area (TPSA) is 58.2 Å². The van der Waals surface area contributed by atoms with Crippen molar-refractivity contribution in [3.05, 3.63) is 127 Å². The van der Waals surface area contributed by atoms with Crippen LogP contribution in [0.4, 0.5) is 0 Å². The summed E-state index contributed by atoms with van der Waals surface area (Å²) < 4.78 is -1.69. The van der Waals surface area contributed by atoms with Crippen molar-refractivity contribution in [2.45, 2.75) is 101 Å². The molecule has 2 atom stereocenters. The molecule has 281 valence electrons. The molecule has 2 aliphatic rings. The fourth-order valence-corrected chi connectivity index (χ4v) is 30.2. The van der Waals surface area contributed by atoms with Gasteiger partial charge in [0.1, 0.15) is 0 Å². The van der Waals surface area contributed by atoms with Crippen molar-refractivity contribution in [1.82, 2.24) is 10.5 Å². The van der Waals surface area contributed by atoms with E-state index in [0.29, 0.717) is 12.8 Å². The molecule has 6 rings (SSSR count). The van der Waals surface area contributed by atoms with E-state index in [-0.39, 0.29) is 7.25 Å². The Balaban J connectivity index is 1.70. The Morgan fingerprint density at radius 2 is 1.04 bits per heavy atom. The predicted molar refractivity (Wildman–Crippen MR) is 229 cm³/mol. The van der Waals surface area contributed by atoms with Crippen LogP contribution in [0, 0.1) is 41.5 Å². The molecule has 2 amide bonds. The summed E-state index contributed by atoms with van der Waals surface area (Å²) in [5.74, 6) is 0. The summed E-state index contributed by atoms with van der Waals surface area (Å²) in [7, 11) is 17.5. The van der Waals surface area contributed by atoms with Crippen LogP contribution in [-0.2, 0) is 25.8 Å². The van der Waals surface area contributed by atoms with Gasteiger partial charge in [-0.25, -0.2) is 0 Å². The number of carbonyl (C=O) groups excluding carboxylic acids is 2. The van der Waals surface area contributed by atoms with Crippen LogP contribution in [0.25, 0.3) is 34.4 Å². The van der Waals surface area contributed by atoms with Crippen LogP contribution >= 0.6 is 17.0 Å². The van der Waals surface area contributed by atoms with Gasteiger partial charge in [-0.3, -0.25) is 0 Å².